The first-order chi connectivity index (χ1) is 9.11. The first-order valence-electron chi connectivity index (χ1n) is 6.35. The molecule has 0 aliphatic carbocycles. The van der Waals surface area contributed by atoms with Gasteiger partial charge in [-0.05, 0) is 37.6 Å². The zero-order valence-corrected chi connectivity index (χ0v) is 11.1. The fourth-order valence-corrected chi connectivity index (χ4v) is 1.85. The molecular weight excluding hydrogens is 245 g/mol. The van der Waals surface area contributed by atoms with Gasteiger partial charge in [0, 0.05) is 6.04 Å². The van der Waals surface area contributed by atoms with Crippen LogP contribution >= 0.6 is 0 Å². The number of furan rings is 1. The summed E-state index contributed by atoms with van der Waals surface area (Å²) < 4.78 is 24.9. The third-order valence-corrected chi connectivity index (χ3v) is 2.99. The standard InChI is InChI=1S/C15H18FNO2/c1-3-12(17)15(14-9-8-10(2)18-14)19-13-7-5-4-6-11(13)16/h4-9,12,15H,3,17H2,1-2H3. The fraction of sp³-hybridized carbons (Fsp3) is 0.333. The van der Waals surface area contributed by atoms with Crippen molar-refractivity contribution in [2.75, 3.05) is 0 Å². The highest BCUT2D eigenvalue weighted by Gasteiger charge is 2.24. The quantitative estimate of drug-likeness (QED) is 0.896. The number of benzene rings is 1. The van der Waals surface area contributed by atoms with E-state index < -0.39 is 11.9 Å². The molecule has 0 aliphatic heterocycles. The molecule has 3 nitrogen and oxygen atoms in total. The van der Waals surface area contributed by atoms with E-state index in [-0.39, 0.29) is 11.8 Å². The van der Waals surface area contributed by atoms with Gasteiger partial charge in [-0.1, -0.05) is 19.1 Å². The molecule has 102 valence electrons. The Kier molecular flexibility index (Phi) is 4.22. The summed E-state index contributed by atoms with van der Waals surface area (Å²) >= 11 is 0. The molecule has 1 heterocycles. The van der Waals surface area contributed by atoms with Crippen LogP contribution in [0.25, 0.3) is 0 Å². The van der Waals surface area contributed by atoms with Gasteiger partial charge in [-0.3, -0.25) is 0 Å². The van der Waals surface area contributed by atoms with Gasteiger partial charge in [-0.2, -0.15) is 0 Å². The summed E-state index contributed by atoms with van der Waals surface area (Å²) in [6.07, 6.45) is 0.217. The minimum absolute atomic E-state index is 0.186. The van der Waals surface area contributed by atoms with Crippen LogP contribution in [-0.2, 0) is 0 Å². The van der Waals surface area contributed by atoms with Crippen LogP contribution in [0.5, 0.6) is 5.75 Å². The normalized spacial score (nSPS) is 14.1. The average Bonchev–Trinajstić information content (AvgIpc) is 2.83. The van der Waals surface area contributed by atoms with Crippen LogP contribution in [0, 0.1) is 12.7 Å². The summed E-state index contributed by atoms with van der Waals surface area (Å²) in [6, 6.07) is 9.68. The van der Waals surface area contributed by atoms with Gasteiger partial charge >= 0.3 is 0 Å². The van der Waals surface area contributed by atoms with Crippen LogP contribution in [0.2, 0.25) is 0 Å². The molecule has 0 saturated heterocycles. The van der Waals surface area contributed by atoms with E-state index >= 15 is 0 Å². The van der Waals surface area contributed by atoms with Crippen molar-refractivity contribution in [1.82, 2.24) is 0 Å². The van der Waals surface area contributed by atoms with E-state index in [2.05, 4.69) is 0 Å². The zero-order valence-electron chi connectivity index (χ0n) is 11.1. The number of nitrogens with two attached hydrogens (primary N) is 1. The molecule has 4 heteroatoms. The molecule has 0 aliphatic rings. The topological polar surface area (TPSA) is 48.4 Å². The summed E-state index contributed by atoms with van der Waals surface area (Å²) in [5.41, 5.74) is 6.05. The highest BCUT2D eigenvalue weighted by Crippen LogP contribution is 2.28. The van der Waals surface area contributed by atoms with Gasteiger partial charge in [0.1, 0.15) is 11.5 Å². The summed E-state index contributed by atoms with van der Waals surface area (Å²) in [5, 5.41) is 0. The molecule has 0 spiro atoms. The Morgan fingerprint density at radius 1 is 1.26 bits per heavy atom. The third kappa shape index (κ3) is 3.15. The van der Waals surface area contributed by atoms with Gasteiger partial charge in [0.2, 0.25) is 0 Å². The lowest BCUT2D eigenvalue weighted by Gasteiger charge is -2.22. The van der Waals surface area contributed by atoms with E-state index in [1.54, 1.807) is 18.2 Å². The van der Waals surface area contributed by atoms with Crippen LogP contribution in [-0.4, -0.2) is 6.04 Å². The second-order valence-electron chi connectivity index (χ2n) is 4.49. The third-order valence-electron chi connectivity index (χ3n) is 2.99. The number of aryl methyl sites for hydroxylation is 1. The lowest BCUT2D eigenvalue weighted by molar-refractivity contribution is 0.137. The van der Waals surface area contributed by atoms with Crippen LogP contribution in [0.3, 0.4) is 0 Å². The minimum atomic E-state index is -0.490. The molecule has 19 heavy (non-hydrogen) atoms. The van der Waals surface area contributed by atoms with Gasteiger partial charge in [0.25, 0.3) is 0 Å². The molecule has 2 atom stereocenters. The first kappa shape index (κ1) is 13.6. The maximum Gasteiger partial charge on any atom is 0.171 e. The monoisotopic (exact) mass is 263 g/mol. The summed E-state index contributed by atoms with van der Waals surface area (Å²) in [4.78, 5) is 0. The Balaban J connectivity index is 2.27. The highest BCUT2D eigenvalue weighted by molar-refractivity contribution is 5.25. The molecule has 0 radical (unpaired) electrons. The smallest absolute Gasteiger partial charge is 0.171 e. The van der Waals surface area contributed by atoms with Crippen molar-refractivity contribution in [3.05, 3.63) is 53.7 Å². The van der Waals surface area contributed by atoms with E-state index in [0.717, 1.165) is 5.76 Å². The lowest BCUT2D eigenvalue weighted by atomic mass is 10.1. The second-order valence-corrected chi connectivity index (χ2v) is 4.49. The summed E-state index contributed by atoms with van der Waals surface area (Å²) in [5.74, 6) is 1.18. The maximum absolute atomic E-state index is 13.6. The summed E-state index contributed by atoms with van der Waals surface area (Å²) in [7, 11) is 0. The van der Waals surface area contributed by atoms with Crippen molar-refractivity contribution in [3.8, 4) is 5.75 Å². The number of para-hydroxylation sites is 1. The van der Waals surface area contributed by atoms with Gasteiger partial charge in [0.15, 0.2) is 17.7 Å². The minimum Gasteiger partial charge on any atom is -0.478 e. The number of ether oxygens (including phenoxy) is 1. The molecule has 1 aromatic carbocycles. The molecule has 0 fully saturated rings. The SMILES string of the molecule is CCC(N)C(Oc1ccccc1F)c1ccc(C)o1. The van der Waals surface area contributed by atoms with Gasteiger partial charge < -0.3 is 14.9 Å². The van der Waals surface area contributed by atoms with Gasteiger partial charge in [-0.25, -0.2) is 4.39 Å². The van der Waals surface area contributed by atoms with Crippen molar-refractivity contribution in [2.24, 2.45) is 5.73 Å². The maximum atomic E-state index is 13.6. The van der Waals surface area contributed by atoms with Crippen LogP contribution in [0.4, 0.5) is 4.39 Å². The van der Waals surface area contributed by atoms with Gasteiger partial charge in [0.05, 0.1) is 0 Å². The van der Waals surface area contributed by atoms with Crippen LogP contribution in [0.15, 0.2) is 40.8 Å². The lowest BCUT2D eigenvalue weighted by Crippen LogP contribution is -2.31. The zero-order chi connectivity index (χ0) is 13.8. The average molecular weight is 263 g/mol. The predicted molar refractivity (Wildman–Crippen MR) is 71.5 cm³/mol. The van der Waals surface area contributed by atoms with Crippen molar-refractivity contribution < 1.29 is 13.5 Å². The van der Waals surface area contributed by atoms with Crippen molar-refractivity contribution in [1.29, 1.82) is 0 Å². The molecule has 1 aromatic heterocycles. The summed E-state index contributed by atoms with van der Waals surface area (Å²) in [6.45, 7) is 3.80. The predicted octanol–water partition coefficient (Wildman–Crippen LogP) is 3.58. The Morgan fingerprint density at radius 3 is 2.58 bits per heavy atom. The van der Waals surface area contributed by atoms with E-state index in [9.17, 15) is 4.39 Å². The Bertz CT molecular complexity index is 538. The molecule has 2 unspecified atom stereocenters. The van der Waals surface area contributed by atoms with E-state index in [1.165, 1.54) is 6.07 Å². The molecule has 0 amide bonds. The van der Waals surface area contributed by atoms with Crippen molar-refractivity contribution in [3.63, 3.8) is 0 Å². The van der Waals surface area contributed by atoms with Crippen LogP contribution < -0.4 is 10.5 Å². The van der Waals surface area contributed by atoms with Crippen LogP contribution in [0.1, 0.15) is 31.0 Å². The molecule has 2 rings (SSSR count). The molecule has 2 N–H and O–H groups in total. The Hall–Kier alpha value is -1.81. The van der Waals surface area contributed by atoms with E-state index in [0.29, 0.717) is 12.2 Å². The number of hydrogen-bond donors (Lipinski definition) is 1. The number of hydrogen-bond acceptors (Lipinski definition) is 3. The van der Waals surface area contributed by atoms with E-state index in [1.807, 2.05) is 26.0 Å². The van der Waals surface area contributed by atoms with E-state index in [4.69, 9.17) is 14.9 Å². The highest BCUT2D eigenvalue weighted by atomic mass is 19.1. The Labute approximate surface area is 112 Å². The second kappa shape index (κ2) is 5.89. The van der Waals surface area contributed by atoms with Crippen molar-refractivity contribution >= 4 is 0 Å². The number of rotatable bonds is 5. The molecule has 2 aromatic rings. The molecule has 0 bridgehead atoms. The largest absolute Gasteiger partial charge is 0.478 e. The fourth-order valence-electron chi connectivity index (χ4n) is 1.85. The number of halogens is 1. The van der Waals surface area contributed by atoms with Gasteiger partial charge in [-0.15, -0.1) is 0 Å². The van der Waals surface area contributed by atoms with Crippen molar-refractivity contribution in [2.45, 2.75) is 32.4 Å². The Morgan fingerprint density at radius 2 is 2.00 bits per heavy atom. The molecular formula is C15H18FNO2. The molecule has 0 saturated carbocycles. The first-order valence-corrected chi connectivity index (χ1v) is 6.35.